The van der Waals surface area contributed by atoms with Crippen LogP contribution < -0.4 is 5.32 Å². The molecule has 1 aliphatic heterocycles. The summed E-state index contributed by atoms with van der Waals surface area (Å²) in [7, 11) is 0. The molecule has 0 spiro atoms. The summed E-state index contributed by atoms with van der Waals surface area (Å²) in [5, 5.41) is 3.19. The Morgan fingerprint density at radius 1 is 1.32 bits per heavy atom. The maximum Gasteiger partial charge on any atom is 0.271 e. The molecule has 1 aliphatic rings. The van der Waals surface area contributed by atoms with E-state index in [2.05, 4.69) is 10.3 Å². The van der Waals surface area contributed by atoms with Gasteiger partial charge in [0.15, 0.2) is 10.8 Å². The molecule has 6 nitrogen and oxygen atoms in total. The van der Waals surface area contributed by atoms with Gasteiger partial charge < -0.3 is 10.2 Å². The smallest absolute Gasteiger partial charge is 0.271 e. The van der Waals surface area contributed by atoms with Crippen LogP contribution >= 0.6 is 11.6 Å². The van der Waals surface area contributed by atoms with Gasteiger partial charge in [-0.05, 0) is 25.0 Å². The fourth-order valence-corrected chi connectivity index (χ4v) is 3.03. The Morgan fingerprint density at radius 3 is 2.73 bits per heavy atom. The number of pyridine rings is 1. The molecule has 0 saturated carbocycles. The van der Waals surface area contributed by atoms with E-state index in [-0.39, 0.29) is 23.0 Å². The van der Waals surface area contributed by atoms with Crippen LogP contribution in [-0.2, 0) is 4.79 Å². The van der Waals surface area contributed by atoms with Crippen molar-refractivity contribution in [3.8, 4) is 0 Å². The third-order valence-electron chi connectivity index (χ3n) is 3.98. The lowest BCUT2D eigenvalue weighted by atomic mass is 10.0. The van der Waals surface area contributed by atoms with Crippen molar-refractivity contribution in [3.63, 3.8) is 0 Å². The summed E-state index contributed by atoms with van der Waals surface area (Å²) >= 11 is 6.10. The minimum Gasteiger partial charge on any atom is -0.348 e. The Labute approximate surface area is 133 Å². The van der Waals surface area contributed by atoms with Gasteiger partial charge in [-0.3, -0.25) is 14.0 Å². The lowest BCUT2D eigenvalue weighted by molar-refractivity contribution is -0.129. The van der Waals surface area contributed by atoms with Gasteiger partial charge in [-0.2, -0.15) is 0 Å². The van der Waals surface area contributed by atoms with Crippen molar-refractivity contribution in [3.05, 3.63) is 35.2 Å². The van der Waals surface area contributed by atoms with Crippen molar-refractivity contribution in [2.45, 2.75) is 25.8 Å². The zero-order chi connectivity index (χ0) is 15.7. The molecule has 2 amide bonds. The highest BCUT2D eigenvalue weighted by molar-refractivity contribution is 6.32. The standard InChI is InChI=1S/C15H17ClN4O2/c1-10(21)19-8-5-11(6-9-19)17-15(22)13-14(16)18-12-4-2-3-7-20(12)13/h2-4,7,11H,5-6,8-9H2,1H3,(H,17,22). The maximum atomic E-state index is 12.5. The molecule has 0 bridgehead atoms. The molecule has 0 aliphatic carbocycles. The number of hydrogen-bond donors (Lipinski definition) is 1. The Bertz CT molecular complexity index is 719. The highest BCUT2D eigenvalue weighted by Gasteiger charge is 2.25. The van der Waals surface area contributed by atoms with E-state index in [9.17, 15) is 9.59 Å². The van der Waals surface area contributed by atoms with Gasteiger partial charge in [0.2, 0.25) is 5.91 Å². The lowest BCUT2D eigenvalue weighted by Gasteiger charge is -2.31. The Kier molecular flexibility index (Phi) is 4.02. The van der Waals surface area contributed by atoms with Gasteiger partial charge in [-0.25, -0.2) is 4.98 Å². The van der Waals surface area contributed by atoms with Crippen LogP contribution in [0, 0.1) is 0 Å². The number of nitrogens with one attached hydrogen (secondary N) is 1. The number of carbonyl (C=O) groups is 2. The second kappa shape index (κ2) is 5.96. The third kappa shape index (κ3) is 2.78. The molecule has 0 radical (unpaired) electrons. The summed E-state index contributed by atoms with van der Waals surface area (Å²) in [5.41, 5.74) is 0.996. The van der Waals surface area contributed by atoms with Crippen molar-refractivity contribution in [1.82, 2.24) is 19.6 Å². The normalized spacial score (nSPS) is 16.0. The van der Waals surface area contributed by atoms with Crippen LogP contribution in [0.25, 0.3) is 5.65 Å². The molecule has 1 fully saturated rings. The summed E-state index contributed by atoms with van der Waals surface area (Å²) in [6.45, 7) is 2.90. The van der Waals surface area contributed by atoms with Crippen molar-refractivity contribution in [1.29, 1.82) is 0 Å². The first-order valence-electron chi connectivity index (χ1n) is 7.25. The molecule has 1 saturated heterocycles. The summed E-state index contributed by atoms with van der Waals surface area (Å²) in [6, 6.07) is 5.52. The largest absolute Gasteiger partial charge is 0.348 e. The fraction of sp³-hybridized carbons (Fsp3) is 0.400. The maximum absolute atomic E-state index is 12.5. The monoisotopic (exact) mass is 320 g/mol. The fourth-order valence-electron chi connectivity index (χ4n) is 2.76. The molecule has 2 aromatic rings. The molecule has 0 aromatic carbocycles. The SMILES string of the molecule is CC(=O)N1CCC(NC(=O)c2c(Cl)nc3ccccn23)CC1. The van der Waals surface area contributed by atoms with Gasteiger partial charge in [0.05, 0.1) is 0 Å². The third-order valence-corrected chi connectivity index (χ3v) is 4.24. The highest BCUT2D eigenvalue weighted by atomic mass is 35.5. The van der Waals surface area contributed by atoms with E-state index in [1.165, 1.54) is 0 Å². The van der Waals surface area contributed by atoms with Gasteiger partial charge in [-0.1, -0.05) is 17.7 Å². The number of piperidine rings is 1. The second-order valence-corrected chi connectivity index (χ2v) is 5.79. The van der Waals surface area contributed by atoms with Crippen molar-refractivity contribution < 1.29 is 9.59 Å². The lowest BCUT2D eigenvalue weighted by Crippen LogP contribution is -2.46. The number of hydrogen-bond acceptors (Lipinski definition) is 3. The van der Waals surface area contributed by atoms with E-state index in [4.69, 9.17) is 11.6 Å². The van der Waals surface area contributed by atoms with Crippen molar-refractivity contribution in [2.24, 2.45) is 0 Å². The van der Waals surface area contributed by atoms with E-state index in [0.29, 0.717) is 24.4 Å². The van der Waals surface area contributed by atoms with Gasteiger partial charge in [0, 0.05) is 32.3 Å². The molecular weight excluding hydrogens is 304 g/mol. The predicted molar refractivity (Wildman–Crippen MR) is 82.9 cm³/mol. The number of carbonyl (C=O) groups excluding carboxylic acids is 2. The van der Waals surface area contributed by atoms with Gasteiger partial charge in [0.1, 0.15) is 5.65 Å². The Morgan fingerprint density at radius 2 is 2.05 bits per heavy atom. The first-order chi connectivity index (χ1) is 10.6. The molecule has 116 valence electrons. The quantitative estimate of drug-likeness (QED) is 0.916. The molecule has 2 aromatic heterocycles. The first kappa shape index (κ1) is 14.8. The van der Waals surface area contributed by atoms with Crippen LogP contribution in [0.2, 0.25) is 5.15 Å². The molecule has 22 heavy (non-hydrogen) atoms. The van der Waals surface area contributed by atoms with E-state index in [0.717, 1.165) is 12.8 Å². The van der Waals surface area contributed by atoms with Crippen LogP contribution in [0.4, 0.5) is 0 Å². The number of halogens is 1. The van der Waals surface area contributed by atoms with E-state index >= 15 is 0 Å². The van der Waals surface area contributed by atoms with Crippen LogP contribution in [0.15, 0.2) is 24.4 Å². The van der Waals surface area contributed by atoms with Gasteiger partial charge >= 0.3 is 0 Å². The molecular formula is C15H17ClN4O2. The molecule has 7 heteroatoms. The first-order valence-corrected chi connectivity index (χ1v) is 7.63. The number of aromatic nitrogens is 2. The summed E-state index contributed by atoms with van der Waals surface area (Å²) in [6.07, 6.45) is 3.26. The average molecular weight is 321 g/mol. The zero-order valence-electron chi connectivity index (χ0n) is 12.3. The van der Waals surface area contributed by atoms with Crippen LogP contribution in [0.3, 0.4) is 0 Å². The highest BCUT2D eigenvalue weighted by Crippen LogP contribution is 2.18. The van der Waals surface area contributed by atoms with Gasteiger partial charge in [0.25, 0.3) is 5.91 Å². The minimum atomic E-state index is -0.232. The van der Waals surface area contributed by atoms with E-state index < -0.39 is 0 Å². The van der Waals surface area contributed by atoms with Crippen LogP contribution in [-0.4, -0.2) is 45.2 Å². The summed E-state index contributed by atoms with van der Waals surface area (Å²) in [4.78, 5) is 29.8. The van der Waals surface area contributed by atoms with E-state index in [1.54, 1.807) is 28.5 Å². The second-order valence-electron chi connectivity index (χ2n) is 5.43. The summed E-state index contributed by atoms with van der Waals surface area (Å²) in [5.74, 6) is -0.153. The molecule has 0 unspecified atom stereocenters. The van der Waals surface area contributed by atoms with Crippen LogP contribution in [0.5, 0.6) is 0 Å². The number of fused-ring (bicyclic) bond motifs is 1. The van der Waals surface area contributed by atoms with Crippen molar-refractivity contribution >= 4 is 29.1 Å². The average Bonchev–Trinajstić information content (AvgIpc) is 2.83. The number of rotatable bonds is 2. The van der Waals surface area contributed by atoms with Crippen LogP contribution in [0.1, 0.15) is 30.3 Å². The zero-order valence-corrected chi connectivity index (χ0v) is 13.0. The molecule has 1 N–H and O–H groups in total. The number of nitrogens with zero attached hydrogens (tertiary/aromatic N) is 3. The molecule has 3 heterocycles. The minimum absolute atomic E-state index is 0.0495. The number of likely N-dealkylation sites (tertiary alicyclic amines) is 1. The topological polar surface area (TPSA) is 66.7 Å². The predicted octanol–water partition coefficient (Wildman–Crippen LogP) is 1.73. The van der Waals surface area contributed by atoms with E-state index in [1.807, 2.05) is 12.1 Å². The van der Waals surface area contributed by atoms with Crippen molar-refractivity contribution in [2.75, 3.05) is 13.1 Å². The molecule has 0 atom stereocenters. The Hall–Kier alpha value is -2.08. The number of amides is 2. The number of imidazole rings is 1. The Balaban J connectivity index is 1.72. The summed E-state index contributed by atoms with van der Waals surface area (Å²) < 4.78 is 1.68. The van der Waals surface area contributed by atoms with Gasteiger partial charge in [-0.15, -0.1) is 0 Å². The molecule has 3 rings (SSSR count).